The summed E-state index contributed by atoms with van der Waals surface area (Å²) >= 11 is 0. The van der Waals surface area contributed by atoms with E-state index in [1.165, 1.54) is 11.1 Å². The lowest BCUT2D eigenvalue weighted by molar-refractivity contribution is 1.09. The van der Waals surface area contributed by atoms with Gasteiger partial charge in [0.1, 0.15) is 0 Å². The van der Waals surface area contributed by atoms with Gasteiger partial charge in [-0.15, -0.1) is 0 Å². The molecule has 2 rings (SSSR count). The Labute approximate surface area is 89.2 Å². The molecule has 0 spiro atoms. The third-order valence-corrected chi connectivity index (χ3v) is 2.30. The van der Waals surface area contributed by atoms with Crippen LogP contribution in [-0.2, 0) is 6.54 Å². The Morgan fingerprint density at radius 2 is 1.80 bits per heavy atom. The molecular formula is C12H13N3. The van der Waals surface area contributed by atoms with Crippen LogP contribution in [0.25, 0.3) is 0 Å². The summed E-state index contributed by atoms with van der Waals surface area (Å²) in [5, 5.41) is 3.33. The van der Waals surface area contributed by atoms with Crippen LogP contribution in [0.4, 0.5) is 5.69 Å². The number of aryl methyl sites for hydroxylation is 1. The van der Waals surface area contributed by atoms with Gasteiger partial charge in [-0.2, -0.15) is 0 Å². The lowest BCUT2D eigenvalue weighted by Crippen LogP contribution is -2.01. The minimum atomic E-state index is 0.818. The normalized spacial score (nSPS) is 9.93. The van der Waals surface area contributed by atoms with Gasteiger partial charge in [0.2, 0.25) is 0 Å². The summed E-state index contributed by atoms with van der Waals surface area (Å²) in [6, 6.07) is 5.94. The van der Waals surface area contributed by atoms with Crippen molar-refractivity contribution >= 4 is 5.69 Å². The van der Waals surface area contributed by atoms with Gasteiger partial charge in [0.05, 0.1) is 0 Å². The summed E-state index contributed by atoms with van der Waals surface area (Å²) in [5.41, 5.74) is 3.56. The topological polar surface area (TPSA) is 37.8 Å². The molecule has 0 saturated carbocycles. The fourth-order valence-electron chi connectivity index (χ4n) is 1.37. The van der Waals surface area contributed by atoms with Gasteiger partial charge in [0.25, 0.3) is 0 Å². The molecule has 2 aromatic heterocycles. The summed E-state index contributed by atoms with van der Waals surface area (Å²) in [7, 11) is 0. The highest BCUT2D eigenvalue weighted by Gasteiger charge is 1.96. The molecule has 0 aromatic carbocycles. The summed E-state index contributed by atoms with van der Waals surface area (Å²) in [6.45, 7) is 2.88. The van der Waals surface area contributed by atoms with Gasteiger partial charge in [-0.3, -0.25) is 9.97 Å². The number of aromatic nitrogens is 2. The molecule has 2 heterocycles. The van der Waals surface area contributed by atoms with E-state index in [2.05, 4.69) is 22.2 Å². The van der Waals surface area contributed by atoms with E-state index in [-0.39, 0.29) is 0 Å². The largest absolute Gasteiger partial charge is 0.381 e. The third kappa shape index (κ3) is 2.53. The van der Waals surface area contributed by atoms with E-state index in [1.54, 1.807) is 12.4 Å². The molecule has 1 N–H and O–H groups in total. The van der Waals surface area contributed by atoms with Crippen molar-refractivity contribution < 1.29 is 0 Å². The van der Waals surface area contributed by atoms with Gasteiger partial charge in [-0.05, 0) is 36.2 Å². The summed E-state index contributed by atoms with van der Waals surface area (Å²) in [5.74, 6) is 0. The van der Waals surface area contributed by atoms with Crippen molar-refractivity contribution in [2.24, 2.45) is 0 Å². The minimum absolute atomic E-state index is 0.818. The molecule has 0 amide bonds. The molecule has 15 heavy (non-hydrogen) atoms. The SMILES string of the molecule is Cc1cnccc1CNc1ccncc1. The Hall–Kier alpha value is -1.90. The van der Waals surface area contributed by atoms with Crippen molar-refractivity contribution in [3.05, 3.63) is 54.1 Å². The lowest BCUT2D eigenvalue weighted by Gasteiger charge is -2.07. The van der Waals surface area contributed by atoms with Gasteiger partial charge in [0, 0.05) is 37.0 Å². The molecule has 3 heteroatoms. The first-order valence-corrected chi connectivity index (χ1v) is 4.89. The zero-order chi connectivity index (χ0) is 10.5. The van der Waals surface area contributed by atoms with Crippen LogP contribution >= 0.6 is 0 Å². The zero-order valence-corrected chi connectivity index (χ0v) is 8.64. The molecule has 2 aromatic rings. The van der Waals surface area contributed by atoms with Gasteiger partial charge < -0.3 is 5.32 Å². The molecule has 0 unspecified atom stereocenters. The first kappa shape index (κ1) is 9.65. The highest BCUT2D eigenvalue weighted by atomic mass is 14.9. The fraction of sp³-hybridized carbons (Fsp3) is 0.167. The highest BCUT2D eigenvalue weighted by Crippen LogP contribution is 2.09. The van der Waals surface area contributed by atoms with Crippen molar-refractivity contribution in [1.82, 2.24) is 9.97 Å². The van der Waals surface area contributed by atoms with E-state index in [0.29, 0.717) is 0 Å². The van der Waals surface area contributed by atoms with E-state index in [4.69, 9.17) is 0 Å². The van der Waals surface area contributed by atoms with Crippen LogP contribution in [0.3, 0.4) is 0 Å². The summed E-state index contributed by atoms with van der Waals surface area (Å²) < 4.78 is 0. The maximum Gasteiger partial charge on any atom is 0.0404 e. The number of anilines is 1. The predicted octanol–water partition coefficient (Wildman–Crippen LogP) is 2.40. The van der Waals surface area contributed by atoms with Crippen LogP contribution in [-0.4, -0.2) is 9.97 Å². The predicted molar refractivity (Wildman–Crippen MR) is 60.5 cm³/mol. The standard InChI is InChI=1S/C12H13N3/c1-10-8-14-5-2-11(10)9-15-12-3-6-13-7-4-12/h2-8H,9H2,1H3,(H,13,15). The molecule has 76 valence electrons. The highest BCUT2D eigenvalue weighted by molar-refractivity contribution is 5.42. The van der Waals surface area contributed by atoms with Crippen molar-refractivity contribution in [2.45, 2.75) is 13.5 Å². The average Bonchev–Trinajstić information content (AvgIpc) is 2.29. The average molecular weight is 199 g/mol. The number of rotatable bonds is 3. The van der Waals surface area contributed by atoms with Gasteiger partial charge >= 0.3 is 0 Å². The number of nitrogens with zero attached hydrogens (tertiary/aromatic N) is 2. The second kappa shape index (κ2) is 4.55. The van der Waals surface area contributed by atoms with Crippen LogP contribution in [0.1, 0.15) is 11.1 Å². The first-order valence-electron chi connectivity index (χ1n) is 4.89. The molecule has 0 radical (unpaired) electrons. The zero-order valence-electron chi connectivity index (χ0n) is 8.64. The van der Waals surface area contributed by atoms with Crippen LogP contribution < -0.4 is 5.32 Å². The maximum atomic E-state index is 4.06. The van der Waals surface area contributed by atoms with E-state index in [9.17, 15) is 0 Å². The van der Waals surface area contributed by atoms with Crippen molar-refractivity contribution in [3.8, 4) is 0 Å². The molecule has 0 aliphatic heterocycles. The Balaban J connectivity index is 2.03. The maximum absolute atomic E-state index is 4.06. The summed E-state index contributed by atoms with van der Waals surface area (Å²) in [4.78, 5) is 8.03. The van der Waals surface area contributed by atoms with Crippen LogP contribution in [0.15, 0.2) is 43.0 Å². The van der Waals surface area contributed by atoms with Gasteiger partial charge in [-0.25, -0.2) is 0 Å². The Kier molecular flexibility index (Phi) is 2.93. The molecular weight excluding hydrogens is 186 g/mol. The number of hydrogen-bond donors (Lipinski definition) is 1. The van der Waals surface area contributed by atoms with Gasteiger partial charge in [0.15, 0.2) is 0 Å². The van der Waals surface area contributed by atoms with Crippen molar-refractivity contribution in [1.29, 1.82) is 0 Å². The Morgan fingerprint density at radius 1 is 1.07 bits per heavy atom. The number of pyridine rings is 2. The van der Waals surface area contributed by atoms with Crippen LogP contribution in [0.2, 0.25) is 0 Å². The van der Waals surface area contributed by atoms with Gasteiger partial charge in [-0.1, -0.05) is 0 Å². The van der Waals surface area contributed by atoms with Crippen molar-refractivity contribution in [2.75, 3.05) is 5.32 Å². The number of hydrogen-bond acceptors (Lipinski definition) is 3. The van der Waals surface area contributed by atoms with Crippen LogP contribution in [0.5, 0.6) is 0 Å². The molecule has 0 aliphatic rings. The molecule has 3 nitrogen and oxygen atoms in total. The molecule has 0 atom stereocenters. The quantitative estimate of drug-likeness (QED) is 0.824. The Morgan fingerprint density at radius 3 is 2.53 bits per heavy atom. The molecule has 0 fully saturated rings. The second-order valence-electron chi connectivity index (χ2n) is 3.39. The smallest absolute Gasteiger partial charge is 0.0404 e. The number of nitrogens with one attached hydrogen (secondary N) is 1. The Bertz CT molecular complexity index is 426. The van der Waals surface area contributed by atoms with Crippen molar-refractivity contribution in [3.63, 3.8) is 0 Å². The van der Waals surface area contributed by atoms with Crippen LogP contribution in [0, 0.1) is 6.92 Å². The first-order chi connectivity index (χ1) is 7.36. The van der Waals surface area contributed by atoms with E-state index < -0.39 is 0 Å². The third-order valence-electron chi connectivity index (χ3n) is 2.30. The second-order valence-corrected chi connectivity index (χ2v) is 3.39. The summed E-state index contributed by atoms with van der Waals surface area (Å²) in [6.07, 6.45) is 7.25. The van der Waals surface area contributed by atoms with E-state index >= 15 is 0 Å². The molecule has 0 saturated heterocycles. The molecule has 0 aliphatic carbocycles. The molecule has 0 bridgehead atoms. The fourth-order valence-corrected chi connectivity index (χ4v) is 1.37. The minimum Gasteiger partial charge on any atom is -0.381 e. The van der Waals surface area contributed by atoms with E-state index in [1.807, 2.05) is 30.6 Å². The lowest BCUT2D eigenvalue weighted by atomic mass is 10.1. The monoisotopic (exact) mass is 199 g/mol. The van der Waals surface area contributed by atoms with E-state index in [0.717, 1.165) is 12.2 Å².